The van der Waals surface area contributed by atoms with Gasteiger partial charge >= 0.3 is 0 Å². The Labute approximate surface area is 286 Å². The van der Waals surface area contributed by atoms with Crippen LogP contribution in [-0.4, -0.2) is 0 Å². The van der Waals surface area contributed by atoms with E-state index in [4.69, 9.17) is 0 Å². The molecule has 224 valence electrons. The molecule has 0 saturated carbocycles. The lowest BCUT2D eigenvalue weighted by Crippen LogP contribution is -2.10. The molecule has 1 aliphatic rings. The van der Waals surface area contributed by atoms with Crippen LogP contribution in [0.1, 0.15) is 0 Å². The molecule has 2 heterocycles. The molecule has 0 aliphatic carbocycles. The average molecular weight is 657 g/mol. The SMILES string of the molecule is c1ccc(N(c2ccccc2)c2ccc3c(c2)Sc2cc(N(c4ccccc4)c4ccc5c(c4)sc4ccccc45)ccc2S3)cc1. The molecular weight excluding hydrogens is 629 g/mol. The lowest BCUT2D eigenvalue weighted by molar-refractivity contribution is 1.13. The summed E-state index contributed by atoms with van der Waals surface area (Å²) in [7, 11) is 0. The first-order valence-electron chi connectivity index (χ1n) is 15.6. The molecule has 1 aliphatic heterocycles. The van der Waals surface area contributed by atoms with Crippen molar-refractivity contribution in [2.24, 2.45) is 0 Å². The van der Waals surface area contributed by atoms with E-state index in [1.165, 1.54) is 39.8 Å². The number of hydrogen-bond donors (Lipinski definition) is 0. The van der Waals surface area contributed by atoms with Crippen LogP contribution in [0.15, 0.2) is 189 Å². The molecular formula is C42H28N2S3. The normalized spacial score (nSPS) is 12.1. The van der Waals surface area contributed by atoms with Gasteiger partial charge in [-0.1, -0.05) is 102 Å². The first kappa shape index (κ1) is 28.3. The van der Waals surface area contributed by atoms with Crippen LogP contribution >= 0.6 is 34.9 Å². The highest BCUT2D eigenvalue weighted by Crippen LogP contribution is 2.52. The summed E-state index contributed by atoms with van der Waals surface area (Å²) in [6.07, 6.45) is 0. The van der Waals surface area contributed by atoms with Crippen LogP contribution in [0.3, 0.4) is 0 Å². The first-order valence-corrected chi connectivity index (χ1v) is 18.0. The van der Waals surface area contributed by atoms with Gasteiger partial charge in [0.25, 0.3) is 0 Å². The second kappa shape index (κ2) is 12.0. The van der Waals surface area contributed by atoms with Crippen LogP contribution in [0, 0.1) is 0 Å². The van der Waals surface area contributed by atoms with E-state index in [9.17, 15) is 0 Å². The highest BCUT2D eigenvalue weighted by Gasteiger charge is 2.22. The third kappa shape index (κ3) is 5.27. The molecule has 7 aromatic carbocycles. The van der Waals surface area contributed by atoms with E-state index in [1.54, 1.807) is 0 Å². The van der Waals surface area contributed by atoms with Crippen LogP contribution in [0.2, 0.25) is 0 Å². The average Bonchev–Trinajstić information content (AvgIpc) is 3.50. The second-order valence-corrected chi connectivity index (χ2v) is 14.7. The maximum absolute atomic E-state index is 2.38. The molecule has 47 heavy (non-hydrogen) atoms. The van der Waals surface area contributed by atoms with Crippen molar-refractivity contribution in [3.8, 4) is 0 Å². The van der Waals surface area contributed by atoms with Gasteiger partial charge in [0.2, 0.25) is 0 Å². The van der Waals surface area contributed by atoms with E-state index >= 15 is 0 Å². The van der Waals surface area contributed by atoms with E-state index in [0.717, 1.165) is 34.1 Å². The fraction of sp³-hybridized carbons (Fsp3) is 0. The molecule has 2 nitrogen and oxygen atoms in total. The third-order valence-electron chi connectivity index (χ3n) is 8.47. The summed E-state index contributed by atoms with van der Waals surface area (Å²) in [6.45, 7) is 0. The van der Waals surface area contributed by atoms with Gasteiger partial charge in [-0.05, 0) is 91.0 Å². The zero-order valence-electron chi connectivity index (χ0n) is 25.3. The van der Waals surface area contributed by atoms with Crippen molar-refractivity contribution in [3.63, 3.8) is 0 Å². The lowest BCUT2D eigenvalue weighted by atomic mass is 10.1. The highest BCUT2D eigenvalue weighted by molar-refractivity contribution is 8.05. The topological polar surface area (TPSA) is 6.48 Å². The van der Waals surface area contributed by atoms with Crippen LogP contribution in [0.25, 0.3) is 20.2 Å². The van der Waals surface area contributed by atoms with Crippen LogP contribution < -0.4 is 9.80 Å². The van der Waals surface area contributed by atoms with Gasteiger partial charge < -0.3 is 9.80 Å². The lowest BCUT2D eigenvalue weighted by Gasteiger charge is -2.29. The van der Waals surface area contributed by atoms with Gasteiger partial charge in [0.15, 0.2) is 0 Å². The van der Waals surface area contributed by atoms with Gasteiger partial charge in [-0.2, -0.15) is 0 Å². The second-order valence-electron chi connectivity index (χ2n) is 11.4. The number of rotatable bonds is 6. The Bertz CT molecular complexity index is 2330. The van der Waals surface area contributed by atoms with Crippen molar-refractivity contribution < 1.29 is 0 Å². The predicted octanol–water partition coefficient (Wildman–Crippen LogP) is 13.6. The summed E-state index contributed by atoms with van der Waals surface area (Å²) in [4.78, 5) is 9.83. The summed E-state index contributed by atoms with van der Waals surface area (Å²) in [6, 6.07) is 61.3. The van der Waals surface area contributed by atoms with Crippen molar-refractivity contribution in [1.82, 2.24) is 0 Å². The Kier molecular flexibility index (Phi) is 7.23. The minimum absolute atomic E-state index is 1.14. The molecule has 1 aromatic heterocycles. The molecule has 0 atom stereocenters. The highest BCUT2D eigenvalue weighted by atomic mass is 32.2. The summed E-state index contributed by atoms with van der Waals surface area (Å²) in [5.41, 5.74) is 6.89. The van der Waals surface area contributed by atoms with Gasteiger partial charge in [-0.15, -0.1) is 11.3 Å². The monoisotopic (exact) mass is 656 g/mol. The van der Waals surface area contributed by atoms with Crippen molar-refractivity contribution >= 4 is 89.2 Å². The Morgan fingerprint density at radius 2 is 0.723 bits per heavy atom. The van der Waals surface area contributed by atoms with Gasteiger partial charge in [0.1, 0.15) is 0 Å². The van der Waals surface area contributed by atoms with E-state index in [2.05, 4.69) is 180 Å². The van der Waals surface area contributed by atoms with Gasteiger partial charge in [0, 0.05) is 73.9 Å². The summed E-state index contributed by atoms with van der Waals surface area (Å²) < 4.78 is 2.62. The number of benzene rings is 7. The van der Waals surface area contributed by atoms with Crippen molar-refractivity contribution in [2.45, 2.75) is 19.6 Å². The molecule has 0 N–H and O–H groups in total. The van der Waals surface area contributed by atoms with Gasteiger partial charge in [0.05, 0.1) is 0 Å². The minimum atomic E-state index is 1.14. The van der Waals surface area contributed by atoms with Crippen LogP contribution in [0.5, 0.6) is 0 Å². The van der Waals surface area contributed by atoms with Gasteiger partial charge in [-0.25, -0.2) is 0 Å². The standard InChI is InChI=1S/C42H28N2S3/c1-4-12-29(13-5-1)43(30-14-6-2-7-15-30)33-21-24-38-41(27-33)47-42-28-34(22-25-39(42)46-38)44(31-16-8-3-9-17-31)32-20-23-36-35-18-10-11-19-37(35)45-40(36)26-32/h1-28H. The number of thiophene rings is 1. The van der Waals surface area contributed by atoms with E-state index in [1.807, 2.05) is 34.9 Å². The predicted molar refractivity (Wildman–Crippen MR) is 203 cm³/mol. The smallest absolute Gasteiger partial charge is 0.0476 e. The maximum atomic E-state index is 2.38. The van der Waals surface area contributed by atoms with Crippen molar-refractivity contribution in [3.05, 3.63) is 170 Å². The van der Waals surface area contributed by atoms with Crippen molar-refractivity contribution in [2.75, 3.05) is 9.80 Å². The summed E-state index contributed by atoms with van der Waals surface area (Å²) >= 11 is 5.58. The molecule has 0 fully saturated rings. The zero-order chi connectivity index (χ0) is 31.2. The maximum Gasteiger partial charge on any atom is 0.0476 e. The van der Waals surface area contributed by atoms with Gasteiger partial charge in [-0.3, -0.25) is 0 Å². The Hall–Kier alpha value is -4.94. The molecule has 8 aromatic rings. The third-order valence-corrected chi connectivity index (χ3v) is 12.1. The van der Waals surface area contributed by atoms with E-state index < -0.39 is 0 Å². The Morgan fingerprint density at radius 3 is 1.30 bits per heavy atom. The molecule has 0 spiro atoms. The minimum Gasteiger partial charge on any atom is -0.310 e. The molecule has 0 bridgehead atoms. The van der Waals surface area contributed by atoms with E-state index in [0.29, 0.717) is 0 Å². The molecule has 0 unspecified atom stereocenters. The molecule has 0 amide bonds. The number of hydrogen-bond acceptors (Lipinski definition) is 5. The zero-order valence-corrected chi connectivity index (χ0v) is 27.7. The summed E-state index contributed by atoms with van der Waals surface area (Å²) in [5, 5.41) is 2.64. The number of anilines is 6. The molecule has 0 saturated heterocycles. The Morgan fingerprint density at radius 1 is 0.298 bits per heavy atom. The first-order chi connectivity index (χ1) is 23.3. The molecule has 5 heteroatoms. The summed E-state index contributed by atoms with van der Waals surface area (Å²) in [5.74, 6) is 0. The fourth-order valence-corrected chi connectivity index (χ4v) is 9.72. The van der Waals surface area contributed by atoms with E-state index in [-0.39, 0.29) is 0 Å². The number of para-hydroxylation sites is 3. The largest absolute Gasteiger partial charge is 0.310 e. The van der Waals surface area contributed by atoms with Crippen molar-refractivity contribution in [1.29, 1.82) is 0 Å². The van der Waals surface area contributed by atoms with Crippen LogP contribution in [-0.2, 0) is 0 Å². The van der Waals surface area contributed by atoms with Crippen LogP contribution in [0.4, 0.5) is 34.1 Å². The molecule has 9 rings (SSSR count). The fourth-order valence-electron chi connectivity index (χ4n) is 6.32. The Balaban J connectivity index is 1.11. The quantitative estimate of drug-likeness (QED) is 0.176. The number of nitrogens with zero attached hydrogens (tertiary/aromatic N) is 2. The molecule has 0 radical (unpaired) electrons. The number of fused-ring (bicyclic) bond motifs is 5.